The molecule has 1 saturated carbocycles. The van der Waals surface area contributed by atoms with E-state index in [2.05, 4.69) is 5.10 Å². The van der Waals surface area contributed by atoms with Gasteiger partial charge in [0.05, 0.1) is 10.8 Å². The van der Waals surface area contributed by atoms with Crippen molar-refractivity contribution in [3.8, 4) is 0 Å². The van der Waals surface area contributed by atoms with E-state index in [4.69, 9.17) is 0 Å². The summed E-state index contributed by atoms with van der Waals surface area (Å²) >= 11 is 0. The first kappa shape index (κ1) is 18.3. The Balaban J connectivity index is 2.04. The average molecular weight is 371 g/mol. The van der Waals surface area contributed by atoms with Crippen LogP contribution in [0.3, 0.4) is 0 Å². The van der Waals surface area contributed by atoms with Crippen molar-refractivity contribution in [2.45, 2.75) is 38.1 Å². The van der Waals surface area contributed by atoms with Crippen LogP contribution in [0.2, 0.25) is 0 Å². The minimum atomic E-state index is -5.13. The van der Waals surface area contributed by atoms with Crippen molar-refractivity contribution in [3.05, 3.63) is 39.9 Å². The average Bonchev–Trinajstić information content (AvgIpc) is 2.88. The van der Waals surface area contributed by atoms with Gasteiger partial charge in [0.25, 0.3) is 17.3 Å². The molecule has 3 atom stereocenters. The number of nitrogens with zero attached hydrogens (tertiary/aromatic N) is 3. The molecule has 1 N–H and O–H groups in total. The first-order valence-corrected chi connectivity index (χ1v) is 8.01. The summed E-state index contributed by atoms with van der Waals surface area (Å²) in [6, 6.07) is 4.32. The predicted molar refractivity (Wildman–Crippen MR) is 84.2 cm³/mol. The summed E-state index contributed by atoms with van der Waals surface area (Å²) in [6.45, 7) is 1.78. The van der Waals surface area contributed by atoms with Gasteiger partial charge in [-0.2, -0.15) is 23.3 Å². The number of alkyl halides is 3. The van der Waals surface area contributed by atoms with Gasteiger partial charge in [-0.3, -0.25) is 14.9 Å². The van der Waals surface area contributed by atoms with Gasteiger partial charge >= 0.3 is 6.18 Å². The maximum Gasteiger partial charge on any atom is 0.439 e. The van der Waals surface area contributed by atoms with E-state index in [1.165, 1.54) is 6.07 Å². The molecular weight excluding hydrogens is 355 g/mol. The molecule has 1 aliphatic carbocycles. The van der Waals surface area contributed by atoms with E-state index in [9.17, 15) is 33.2 Å². The number of halogens is 3. The van der Waals surface area contributed by atoms with Crippen LogP contribution in [0.1, 0.15) is 36.5 Å². The van der Waals surface area contributed by atoms with E-state index in [1.54, 1.807) is 6.92 Å². The Kier molecular flexibility index (Phi) is 4.26. The summed E-state index contributed by atoms with van der Waals surface area (Å²) in [4.78, 5) is 22.7. The first-order chi connectivity index (χ1) is 12.1. The molecule has 1 fully saturated rings. The standard InChI is InChI=1S/C16H16F3N3O4/c1-9-5-6-13-12(7-9)15(24,16(17,18)19)21(20-13)14(23)10-3-2-4-11(8-10)22(25)26/h2-4,8-9,12,24H,5-7H2,1H3/t9-,12+,15-/m1/s1. The fraction of sp³-hybridized carbons (Fsp3) is 0.500. The van der Waals surface area contributed by atoms with Crippen molar-refractivity contribution in [2.24, 2.45) is 16.9 Å². The molecule has 0 bridgehead atoms. The number of nitro groups is 1. The molecule has 1 aromatic rings. The number of fused-ring (bicyclic) bond motifs is 1. The number of hydrazone groups is 1. The Bertz CT molecular complexity index is 795. The van der Waals surface area contributed by atoms with E-state index in [-0.39, 0.29) is 35.0 Å². The monoisotopic (exact) mass is 371 g/mol. The fourth-order valence-electron chi connectivity index (χ4n) is 3.49. The number of carbonyl (C=O) groups excluding carboxylic acids is 1. The second kappa shape index (κ2) is 6.04. The lowest BCUT2D eigenvalue weighted by molar-refractivity contribution is -0.384. The second-order valence-electron chi connectivity index (χ2n) is 6.67. The summed E-state index contributed by atoms with van der Waals surface area (Å²) in [7, 11) is 0. The third-order valence-electron chi connectivity index (χ3n) is 4.88. The quantitative estimate of drug-likeness (QED) is 0.638. The van der Waals surface area contributed by atoms with Crippen LogP contribution < -0.4 is 0 Å². The number of carbonyl (C=O) groups is 1. The van der Waals surface area contributed by atoms with Crippen molar-refractivity contribution >= 4 is 17.3 Å². The van der Waals surface area contributed by atoms with E-state index in [0.29, 0.717) is 6.42 Å². The smallest absolute Gasteiger partial charge is 0.362 e. The van der Waals surface area contributed by atoms with Crippen LogP contribution in [0.5, 0.6) is 0 Å². The fourth-order valence-corrected chi connectivity index (χ4v) is 3.49. The number of benzene rings is 1. The van der Waals surface area contributed by atoms with Crippen LogP contribution in [-0.2, 0) is 0 Å². The van der Waals surface area contributed by atoms with E-state index in [1.807, 2.05) is 0 Å². The van der Waals surface area contributed by atoms with Gasteiger partial charge in [0.1, 0.15) is 0 Å². The largest absolute Gasteiger partial charge is 0.439 e. The van der Waals surface area contributed by atoms with Crippen LogP contribution >= 0.6 is 0 Å². The van der Waals surface area contributed by atoms with Crippen molar-refractivity contribution in [3.63, 3.8) is 0 Å². The molecular formula is C16H16F3N3O4. The number of hydrogen-bond donors (Lipinski definition) is 1. The lowest BCUT2D eigenvalue weighted by atomic mass is 9.76. The highest BCUT2D eigenvalue weighted by molar-refractivity contribution is 5.99. The highest BCUT2D eigenvalue weighted by Gasteiger charge is 2.68. The molecule has 1 amide bonds. The Morgan fingerprint density at radius 3 is 2.77 bits per heavy atom. The maximum atomic E-state index is 13.8. The molecule has 140 valence electrons. The molecule has 2 aliphatic rings. The Hall–Kier alpha value is -2.49. The topological polar surface area (TPSA) is 96.0 Å². The lowest BCUT2D eigenvalue weighted by Crippen LogP contribution is -2.61. The highest BCUT2D eigenvalue weighted by atomic mass is 19.4. The zero-order valence-electron chi connectivity index (χ0n) is 13.7. The summed E-state index contributed by atoms with van der Waals surface area (Å²) in [5.41, 5.74) is -4.12. The molecule has 1 heterocycles. The summed E-state index contributed by atoms with van der Waals surface area (Å²) in [5, 5.41) is 25.2. The van der Waals surface area contributed by atoms with Crippen molar-refractivity contribution < 1.29 is 28.0 Å². The van der Waals surface area contributed by atoms with Gasteiger partial charge in [-0.25, -0.2) is 0 Å². The molecule has 0 spiro atoms. The third-order valence-corrected chi connectivity index (χ3v) is 4.88. The Morgan fingerprint density at radius 2 is 2.15 bits per heavy atom. The zero-order chi connectivity index (χ0) is 19.3. The van der Waals surface area contributed by atoms with Gasteiger partial charge in [0.15, 0.2) is 0 Å². The highest BCUT2D eigenvalue weighted by Crippen LogP contribution is 2.49. The normalized spacial score (nSPS) is 28.5. The molecule has 1 aromatic carbocycles. The third kappa shape index (κ3) is 2.74. The molecule has 0 radical (unpaired) electrons. The minimum Gasteiger partial charge on any atom is -0.362 e. The maximum absolute atomic E-state index is 13.8. The van der Waals surface area contributed by atoms with Crippen molar-refractivity contribution in [1.82, 2.24) is 5.01 Å². The van der Waals surface area contributed by atoms with Crippen LogP contribution in [0.4, 0.5) is 18.9 Å². The predicted octanol–water partition coefficient (Wildman–Crippen LogP) is 3.09. The molecule has 0 saturated heterocycles. The molecule has 1 aliphatic heterocycles. The van der Waals surface area contributed by atoms with E-state index >= 15 is 0 Å². The van der Waals surface area contributed by atoms with Gasteiger partial charge in [0.2, 0.25) is 0 Å². The number of aliphatic hydroxyl groups is 1. The molecule has 10 heteroatoms. The molecule has 3 rings (SSSR count). The van der Waals surface area contributed by atoms with Crippen molar-refractivity contribution in [2.75, 3.05) is 0 Å². The SMILES string of the molecule is C[C@@H]1CCC2=NN(C(=O)c3cccc([N+](=O)[O-])c3)[C@](O)(C(F)(F)F)[C@H]2C1. The number of nitro benzene ring substituents is 1. The summed E-state index contributed by atoms with van der Waals surface area (Å²) < 4.78 is 41.3. The summed E-state index contributed by atoms with van der Waals surface area (Å²) in [6.07, 6.45) is -4.21. The Labute approximate surface area is 146 Å². The molecule has 7 nitrogen and oxygen atoms in total. The van der Waals surface area contributed by atoms with Crippen LogP contribution in [0.15, 0.2) is 29.4 Å². The zero-order valence-corrected chi connectivity index (χ0v) is 13.7. The molecule has 0 unspecified atom stereocenters. The van der Waals surface area contributed by atoms with Gasteiger partial charge in [-0.15, -0.1) is 0 Å². The second-order valence-corrected chi connectivity index (χ2v) is 6.67. The van der Waals surface area contributed by atoms with Gasteiger partial charge < -0.3 is 5.11 Å². The number of rotatable bonds is 2. The lowest BCUT2D eigenvalue weighted by Gasteiger charge is -2.39. The molecule has 0 aromatic heterocycles. The van der Waals surface area contributed by atoms with E-state index in [0.717, 1.165) is 18.2 Å². The van der Waals surface area contributed by atoms with Crippen LogP contribution in [-0.4, -0.2) is 38.6 Å². The number of amides is 1. The van der Waals surface area contributed by atoms with Crippen LogP contribution in [0.25, 0.3) is 0 Å². The number of non-ortho nitro benzene ring substituents is 1. The van der Waals surface area contributed by atoms with E-state index < -0.39 is 34.3 Å². The molecule has 26 heavy (non-hydrogen) atoms. The number of hydrogen-bond acceptors (Lipinski definition) is 5. The minimum absolute atomic E-state index is 0.0457. The van der Waals surface area contributed by atoms with Crippen LogP contribution in [0, 0.1) is 22.0 Å². The summed E-state index contributed by atoms with van der Waals surface area (Å²) in [5.74, 6) is -2.63. The van der Waals surface area contributed by atoms with Crippen molar-refractivity contribution in [1.29, 1.82) is 0 Å². The van der Waals surface area contributed by atoms with Gasteiger partial charge in [-0.1, -0.05) is 13.0 Å². The Morgan fingerprint density at radius 1 is 1.46 bits per heavy atom. The van der Waals surface area contributed by atoms with Gasteiger partial charge in [-0.05, 0) is 31.2 Å². The first-order valence-electron chi connectivity index (χ1n) is 8.01. The van der Waals surface area contributed by atoms with Gasteiger partial charge in [0, 0.05) is 23.4 Å².